The number of hydrogen-bond acceptors (Lipinski definition) is 5. The predicted octanol–water partition coefficient (Wildman–Crippen LogP) is 2.21. The van der Waals surface area contributed by atoms with E-state index in [4.69, 9.17) is 9.47 Å². The summed E-state index contributed by atoms with van der Waals surface area (Å²) in [6, 6.07) is 8.96. The van der Waals surface area contributed by atoms with Crippen LogP contribution < -0.4 is 14.8 Å². The summed E-state index contributed by atoms with van der Waals surface area (Å²) < 4.78 is 10.5. The van der Waals surface area contributed by atoms with Crippen molar-refractivity contribution < 1.29 is 19.4 Å². The number of aliphatic hydroxyl groups is 1. The molecule has 0 aliphatic heterocycles. The molecule has 1 aliphatic rings. The number of ether oxygens (including phenoxy) is 2. The number of hydrogen-bond donors (Lipinski definition) is 2. The molecular formula is C20H24N2O4. The van der Waals surface area contributed by atoms with E-state index in [2.05, 4.69) is 10.3 Å². The monoisotopic (exact) mass is 356 g/mol. The molecule has 6 nitrogen and oxygen atoms in total. The predicted molar refractivity (Wildman–Crippen MR) is 97.5 cm³/mol. The molecule has 1 aliphatic carbocycles. The van der Waals surface area contributed by atoms with Crippen molar-refractivity contribution in [1.29, 1.82) is 0 Å². The van der Waals surface area contributed by atoms with Gasteiger partial charge in [0.2, 0.25) is 0 Å². The number of aromatic nitrogens is 1. The number of nitrogens with zero attached hydrogens (tertiary/aromatic N) is 1. The number of carbonyl (C=O) groups is 1. The van der Waals surface area contributed by atoms with Crippen molar-refractivity contribution in [2.75, 3.05) is 14.2 Å². The third-order valence-corrected chi connectivity index (χ3v) is 4.85. The number of nitrogens with one attached hydrogen (secondary N) is 1. The zero-order valence-corrected chi connectivity index (χ0v) is 15.0. The van der Waals surface area contributed by atoms with Gasteiger partial charge in [0.15, 0.2) is 0 Å². The highest BCUT2D eigenvalue weighted by molar-refractivity contribution is 5.95. The van der Waals surface area contributed by atoms with Crippen LogP contribution >= 0.6 is 0 Å². The molecule has 3 rings (SSSR count). The van der Waals surface area contributed by atoms with Gasteiger partial charge in [-0.1, -0.05) is 0 Å². The van der Waals surface area contributed by atoms with Gasteiger partial charge in [-0.25, -0.2) is 0 Å². The van der Waals surface area contributed by atoms with Gasteiger partial charge in [-0.05, 0) is 55.0 Å². The molecule has 1 heterocycles. The van der Waals surface area contributed by atoms with E-state index in [1.165, 1.54) is 0 Å². The molecule has 2 N–H and O–H groups in total. The van der Waals surface area contributed by atoms with E-state index in [0.29, 0.717) is 36.3 Å². The van der Waals surface area contributed by atoms with Crippen molar-refractivity contribution in [2.24, 2.45) is 5.92 Å². The number of aliphatic hydroxyl groups excluding tert-OH is 1. The van der Waals surface area contributed by atoms with Crippen molar-refractivity contribution in [3.63, 3.8) is 0 Å². The van der Waals surface area contributed by atoms with Crippen molar-refractivity contribution in [1.82, 2.24) is 10.3 Å². The minimum Gasteiger partial charge on any atom is -0.497 e. The van der Waals surface area contributed by atoms with E-state index in [9.17, 15) is 9.90 Å². The number of benzene rings is 1. The smallest absolute Gasteiger partial charge is 0.251 e. The molecule has 138 valence electrons. The van der Waals surface area contributed by atoms with E-state index in [1.54, 1.807) is 44.8 Å². The summed E-state index contributed by atoms with van der Waals surface area (Å²) in [7, 11) is 3.11. The number of pyridine rings is 1. The Balaban J connectivity index is 1.76. The van der Waals surface area contributed by atoms with Crippen molar-refractivity contribution in [2.45, 2.75) is 31.4 Å². The molecule has 1 unspecified atom stereocenters. The standard InChI is InChI=1S/C20H24N2O4/c1-25-17-10-15(11-18(12-17)26-2)20(24)22-19(14-8-16(23)9-14)7-13-3-5-21-6-4-13/h3-6,10-12,14,16,19,23H,7-9H2,1-2H3,(H,22,24). The molecule has 1 aromatic carbocycles. The third kappa shape index (κ3) is 4.32. The van der Waals surface area contributed by atoms with E-state index in [0.717, 1.165) is 5.56 Å². The molecule has 6 heteroatoms. The van der Waals surface area contributed by atoms with Crippen LogP contribution in [0.15, 0.2) is 42.7 Å². The van der Waals surface area contributed by atoms with Gasteiger partial charge in [-0.15, -0.1) is 0 Å². The molecule has 1 fully saturated rings. The van der Waals surface area contributed by atoms with Gasteiger partial charge < -0.3 is 19.9 Å². The molecule has 26 heavy (non-hydrogen) atoms. The van der Waals surface area contributed by atoms with Crippen LogP contribution in [0.25, 0.3) is 0 Å². The van der Waals surface area contributed by atoms with Crippen LogP contribution in [0.5, 0.6) is 11.5 Å². The van der Waals surface area contributed by atoms with Gasteiger partial charge >= 0.3 is 0 Å². The summed E-state index contributed by atoms with van der Waals surface area (Å²) in [5.74, 6) is 1.22. The maximum absolute atomic E-state index is 12.8. The van der Waals surface area contributed by atoms with Crippen LogP contribution in [-0.2, 0) is 6.42 Å². The van der Waals surface area contributed by atoms with E-state index in [-0.39, 0.29) is 24.0 Å². The Kier molecular flexibility index (Phi) is 5.73. The second kappa shape index (κ2) is 8.19. The lowest BCUT2D eigenvalue weighted by atomic mass is 9.75. The average Bonchev–Trinajstić information content (AvgIpc) is 2.65. The number of methoxy groups -OCH3 is 2. The summed E-state index contributed by atoms with van der Waals surface area (Å²) in [6.07, 6.45) is 5.34. The topological polar surface area (TPSA) is 80.7 Å². The minimum atomic E-state index is -0.270. The van der Waals surface area contributed by atoms with E-state index < -0.39 is 0 Å². The summed E-state index contributed by atoms with van der Waals surface area (Å²) in [5.41, 5.74) is 1.59. The highest BCUT2D eigenvalue weighted by atomic mass is 16.5. The van der Waals surface area contributed by atoms with Crippen molar-refractivity contribution >= 4 is 5.91 Å². The first-order chi connectivity index (χ1) is 12.6. The summed E-state index contributed by atoms with van der Waals surface area (Å²) in [4.78, 5) is 16.8. The summed E-state index contributed by atoms with van der Waals surface area (Å²) in [6.45, 7) is 0. The Morgan fingerprint density at radius 1 is 1.19 bits per heavy atom. The van der Waals surface area contributed by atoms with Gasteiger partial charge in [-0.3, -0.25) is 9.78 Å². The lowest BCUT2D eigenvalue weighted by Gasteiger charge is -2.38. The Hall–Kier alpha value is -2.60. The number of carbonyl (C=O) groups excluding carboxylic acids is 1. The second-order valence-electron chi connectivity index (χ2n) is 6.63. The minimum absolute atomic E-state index is 0.0505. The third-order valence-electron chi connectivity index (χ3n) is 4.85. The number of rotatable bonds is 7. The van der Waals surface area contributed by atoms with Crippen LogP contribution in [0.3, 0.4) is 0 Å². The highest BCUT2D eigenvalue weighted by Gasteiger charge is 2.35. The van der Waals surface area contributed by atoms with Gasteiger partial charge in [0.05, 0.1) is 20.3 Å². The summed E-state index contributed by atoms with van der Waals surface area (Å²) >= 11 is 0. The fourth-order valence-corrected chi connectivity index (χ4v) is 3.26. The van der Waals surface area contributed by atoms with Crippen LogP contribution in [0.1, 0.15) is 28.8 Å². The number of amides is 1. The maximum Gasteiger partial charge on any atom is 0.251 e. The lowest BCUT2D eigenvalue weighted by Crippen LogP contribution is -2.48. The maximum atomic E-state index is 12.8. The van der Waals surface area contributed by atoms with E-state index in [1.807, 2.05) is 12.1 Å². The molecule has 0 radical (unpaired) electrons. The summed E-state index contributed by atoms with van der Waals surface area (Å²) in [5, 5.41) is 12.8. The van der Waals surface area contributed by atoms with Crippen molar-refractivity contribution in [3.05, 3.63) is 53.9 Å². The second-order valence-corrected chi connectivity index (χ2v) is 6.63. The molecule has 1 aromatic heterocycles. The molecule has 0 saturated heterocycles. The first kappa shape index (κ1) is 18.2. The van der Waals surface area contributed by atoms with Gasteiger partial charge in [0, 0.05) is 30.1 Å². The molecular weight excluding hydrogens is 332 g/mol. The Morgan fingerprint density at radius 3 is 2.35 bits per heavy atom. The quantitative estimate of drug-likeness (QED) is 0.795. The van der Waals surface area contributed by atoms with Crippen LogP contribution in [0.2, 0.25) is 0 Å². The van der Waals surface area contributed by atoms with Crippen molar-refractivity contribution in [3.8, 4) is 11.5 Å². The van der Waals surface area contributed by atoms with Crippen LogP contribution in [-0.4, -0.2) is 42.4 Å². The zero-order chi connectivity index (χ0) is 18.5. The largest absolute Gasteiger partial charge is 0.497 e. The Labute approximate surface area is 153 Å². The molecule has 2 aromatic rings. The normalized spacial score (nSPS) is 20.0. The van der Waals surface area contributed by atoms with Gasteiger partial charge in [0.1, 0.15) is 11.5 Å². The Morgan fingerprint density at radius 2 is 1.81 bits per heavy atom. The molecule has 1 saturated carbocycles. The first-order valence-electron chi connectivity index (χ1n) is 8.70. The SMILES string of the molecule is COc1cc(OC)cc(C(=O)NC(Cc2ccncc2)C2CC(O)C2)c1. The first-order valence-corrected chi connectivity index (χ1v) is 8.70. The average molecular weight is 356 g/mol. The molecule has 1 atom stereocenters. The molecule has 1 amide bonds. The van der Waals surface area contributed by atoms with E-state index >= 15 is 0 Å². The lowest BCUT2D eigenvalue weighted by molar-refractivity contribution is 0.0239. The van der Waals surface area contributed by atoms with Gasteiger partial charge in [-0.2, -0.15) is 0 Å². The fraction of sp³-hybridized carbons (Fsp3) is 0.400. The fourth-order valence-electron chi connectivity index (χ4n) is 3.26. The zero-order valence-electron chi connectivity index (χ0n) is 15.0. The molecule has 0 bridgehead atoms. The van der Waals surface area contributed by atoms with Gasteiger partial charge in [0.25, 0.3) is 5.91 Å². The van der Waals surface area contributed by atoms with Crippen LogP contribution in [0, 0.1) is 5.92 Å². The Bertz CT molecular complexity index is 722. The molecule has 0 spiro atoms. The van der Waals surface area contributed by atoms with Crippen LogP contribution in [0.4, 0.5) is 0 Å². The highest BCUT2D eigenvalue weighted by Crippen LogP contribution is 2.32.